The van der Waals surface area contributed by atoms with E-state index in [-0.39, 0.29) is 0 Å². The Bertz CT molecular complexity index is 1020. The summed E-state index contributed by atoms with van der Waals surface area (Å²) < 4.78 is 5.27. The van der Waals surface area contributed by atoms with E-state index in [2.05, 4.69) is 44.5 Å². The number of rotatable bonds is 8. The Kier molecular flexibility index (Phi) is 5.89. The van der Waals surface area contributed by atoms with Gasteiger partial charge in [-0.2, -0.15) is 0 Å². The summed E-state index contributed by atoms with van der Waals surface area (Å²) in [7, 11) is 1.73. The Balaban J connectivity index is 1.77. The van der Waals surface area contributed by atoms with E-state index in [9.17, 15) is 0 Å². The summed E-state index contributed by atoms with van der Waals surface area (Å²) in [5.74, 6) is 0.951. The lowest BCUT2D eigenvalue weighted by Crippen LogP contribution is -2.26. The molecule has 0 saturated carbocycles. The monoisotopic (exact) mass is 390 g/mol. The lowest BCUT2D eigenvalue weighted by Gasteiger charge is -2.24. The maximum absolute atomic E-state index is 5.27. The van der Waals surface area contributed by atoms with Crippen LogP contribution < -0.4 is 4.90 Å². The van der Waals surface area contributed by atoms with Gasteiger partial charge in [0, 0.05) is 37.4 Å². The summed E-state index contributed by atoms with van der Waals surface area (Å²) >= 11 is 1.66. The summed E-state index contributed by atoms with van der Waals surface area (Å²) in [5, 5.41) is 3.28. The molecule has 0 amide bonds. The average Bonchev–Trinajstić information content (AvgIpc) is 3.19. The maximum Gasteiger partial charge on any atom is 0.141 e. The number of ether oxygens (including phenoxy) is 1. The quantitative estimate of drug-likeness (QED) is 0.405. The van der Waals surface area contributed by atoms with Crippen molar-refractivity contribution < 1.29 is 4.74 Å². The molecule has 0 unspecified atom stereocenters. The fourth-order valence-electron chi connectivity index (χ4n) is 3.28. The van der Waals surface area contributed by atoms with Crippen LogP contribution in [-0.4, -0.2) is 35.2 Å². The number of fused-ring (bicyclic) bond motifs is 1. The molecule has 3 heterocycles. The van der Waals surface area contributed by atoms with E-state index < -0.39 is 0 Å². The Hall–Kier alpha value is -2.83. The molecule has 6 heteroatoms. The predicted molar refractivity (Wildman–Crippen MR) is 115 cm³/mol. The zero-order valence-corrected chi connectivity index (χ0v) is 16.6. The summed E-state index contributed by atoms with van der Waals surface area (Å²) in [4.78, 5) is 17.0. The average molecular weight is 391 g/mol. The van der Waals surface area contributed by atoms with Gasteiger partial charge in [-0.3, -0.25) is 4.98 Å². The Morgan fingerprint density at radius 2 is 1.86 bits per heavy atom. The molecule has 0 saturated heterocycles. The van der Waals surface area contributed by atoms with Crippen molar-refractivity contribution in [3.63, 3.8) is 0 Å². The third kappa shape index (κ3) is 4.03. The molecule has 4 aromatic rings. The number of methoxy groups -OCH3 is 1. The predicted octanol–water partition coefficient (Wildman–Crippen LogP) is 4.80. The van der Waals surface area contributed by atoms with Gasteiger partial charge in [-0.1, -0.05) is 36.4 Å². The van der Waals surface area contributed by atoms with Gasteiger partial charge >= 0.3 is 0 Å². The van der Waals surface area contributed by atoms with Gasteiger partial charge < -0.3 is 9.64 Å². The Labute approximate surface area is 168 Å². The van der Waals surface area contributed by atoms with Crippen molar-refractivity contribution >= 4 is 27.4 Å². The summed E-state index contributed by atoms with van der Waals surface area (Å²) in [6.45, 7) is 2.24. The van der Waals surface area contributed by atoms with Crippen LogP contribution in [0.25, 0.3) is 21.3 Å². The molecule has 0 aliphatic heterocycles. The minimum Gasteiger partial charge on any atom is -0.385 e. The number of aromatic nitrogens is 3. The highest BCUT2D eigenvalue weighted by atomic mass is 32.1. The Morgan fingerprint density at radius 1 is 1.00 bits per heavy atom. The van der Waals surface area contributed by atoms with Crippen LogP contribution in [-0.2, 0) is 11.3 Å². The minimum atomic E-state index is 0.695. The van der Waals surface area contributed by atoms with E-state index in [4.69, 9.17) is 9.72 Å². The van der Waals surface area contributed by atoms with Crippen LogP contribution in [0.2, 0.25) is 0 Å². The second-order valence-electron chi connectivity index (χ2n) is 6.48. The van der Waals surface area contributed by atoms with E-state index in [0.29, 0.717) is 13.2 Å². The van der Waals surface area contributed by atoms with Gasteiger partial charge in [0.15, 0.2) is 0 Å². The van der Waals surface area contributed by atoms with Crippen LogP contribution in [0.15, 0.2) is 66.4 Å². The van der Waals surface area contributed by atoms with E-state index in [0.717, 1.165) is 34.7 Å². The number of benzene rings is 1. The highest BCUT2D eigenvalue weighted by Gasteiger charge is 2.18. The van der Waals surface area contributed by atoms with E-state index in [1.165, 1.54) is 11.1 Å². The number of thiophene rings is 1. The summed E-state index contributed by atoms with van der Waals surface area (Å²) in [6.07, 6.45) is 4.41. The molecule has 0 bridgehead atoms. The van der Waals surface area contributed by atoms with Crippen molar-refractivity contribution in [2.75, 3.05) is 25.2 Å². The highest BCUT2D eigenvalue weighted by molar-refractivity contribution is 7.17. The number of pyridine rings is 1. The number of hydrogen-bond acceptors (Lipinski definition) is 6. The minimum absolute atomic E-state index is 0.695. The third-order valence-corrected chi connectivity index (χ3v) is 5.48. The van der Waals surface area contributed by atoms with Gasteiger partial charge in [-0.25, -0.2) is 9.97 Å². The first kappa shape index (κ1) is 18.5. The lowest BCUT2D eigenvalue weighted by molar-refractivity contribution is 0.196. The molecule has 0 aliphatic rings. The lowest BCUT2D eigenvalue weighted by atomic mass is 10.1. The maximum atomic E-state index is 5.27. The third-order valence-electron chi connectivity index (χ3n) is 4.59. The van der Waals surface area contributed by atoms with Crippen molar-refractivity contribution in [3.05, 3.63) is 72.1 Å². The van der Waals surface area contributed by atoms with Crippen LogP contribution in [0.3, 0.4) is 0 Å². The van der Waals surface area contributed by atoms with Gasteiger partial charge in [0.2, 0.25) is 0 Å². The second kappa shape index (κ2) is 8.91. The molecule has 0 spiro atoms. The molecule has 28 heavy (non-hydrogen) atoms. The molecule has 0 atom stereocenters. The molecule has 0 aliphatic carbocycles. The first-order valence-corrected chi connectivity index (χ1v) is 10.2. The molecule has 0 fully saturated rings. The first-order valence-electron chi connectivity index (χ1n) is 9.28. The molecule has 5 nitrogen and oxygen atoms in total. The van der Waals surface area contributed by atoms with Crippen LogP contribution in [0.5, 0.6) is 0 Å². The normalized spacial score (nSPS) is 11.0. The molecule has 0 N–H and O–H groups in total. The van der Waals surface area contributed by atoms with Crippen molar-refractivity contribution in [3.8, 4) is 11.1 Å². The Morgan fingerprint density at radius 3 is 2.64 bits per heavy atom. The highest BCUT2D eigenvalue weighted by Crippen LogP contribution is 2.38. The first-order chi connectivity index (χ1) is 13.9. The molecular weight excluding hydrogens is 368 g/mol. The standard InChI is InChI=1S/C22H22N4OS/c1-27-13-7-12-26(14-18-10-5-6-11-23-18)21-20-19(17-8-3-2-4-9-17)15-28-22(20)25-16-24-21/h2-6,8-11,15-16H,7,12-14H2,1H3. The molecular formula is C22H22N4OS. The van der Waals surface area contributed by atoms with Gasteiger partial charge in [0.25, 0.3) is 0 Å². The molecule has 0 radical (unpaired) electrons. The van der Waals surface area contributed by atoms with Gasteiger partial charge in [-0.05, 0) is 24.1 Å². The zero-order chi connectivity index (χ0) is 19.2. The van der Waals surface area contributed by atoms with E-state index in [1.54, 1.807) is 24.8 Å². The van der Waals surface area contributed by atoms with Crippen molar-refractivity contribution in [2.45, 2.75) is 13.0 Å². The van der Waals surface area contributed by atoms with E-state index in [1.807, 2.05) is 30.5 Å². The number of nitrogens with zero attached hydrogens (tertiary/aromatic N) is 4. The van der Waals surface area contributed by atoms with Gasteiger partial charge in [0.05, 0.1) is 17.6 Å². The second-order valence-corrected chi connectivity index (χ2v) is 7.34. The van der Waals surface area contributed by atoms with Crippen LogP contribution >= 0.6 is 11.3 Å². The fraction of sp³-hybridized carbons (Fsp3) is 0.227. The SMILES string of the molecule is COCCCN(Cc1ccccn1)c1ncnc2scc(-c3ccccc3)c12. The molecule has 4 rings (SSSR count). The largest absolute Gasteiger partial charge is 0.385 e. The molecule has 3 aromatic heterocycles. The van der Waals surface area contributed by atoms with Crippen LogP contribution in [0.4, 0.5) is 5.82 Å². The smallest absolute Gasteiger partial charge is 0.141 e. The van der Waals surface area contributed by atoms with Crippen LogP contribution in [0.1, 0.15) is 12.1 Å². The molecule has 142 valence electrons. The number of anilines is 1. The summed E-state index contributed by atoms with van der Waals surface area (Å²) in [6, 6.07) is 16.4. The fourth-order valence-corrected chi connectivity index (χ4v) is 4.19. The topological polar surface area (TPSA) is 51.1 Å². The number of hydrogen-bond donors (Lipinski definition) is 0. The van der Waals surface area contributed by atoms with Crippen molar-refractivity contribution in [2.24, 2.45) is 0 Å². The van der Waals surface area contributed by atoms with Gasteiger partial charge in [0.1, 0.15) is 17.0 Å². The van der Waals surface area contributed by atoms with Crippen LogP contribution in [0, 0.1) is 0 Å². The van der Waals surface area contributed by atoms with Gasteiger partial charge in [-0.15, -0.1) is 11.3 Å². The molecule has 1 aromatic carbocycles. The van der Waals surface area contributed by atoms with Crippen molar-refractivity contribution in [1.29, 1.82) is 0 Å². The summed E-state index contributed by atoms with van der Waals surface area (Å²) in [5.41, 5.74) is 3.37. The van der Waals surface area contributed by atoms with E-state index >= 15 is 0 Å². The zero-order valence-electron chi connectivity index (χ0n) is 15.8. The van der Waals surface area contributed by atoms with Crippen molar-refractivity contribution in [1.82, 2.24) is 15.0 Å².